The molecule has 1 aromatic rings. The molecular weight excluding hydrogens is 356 g/mol. The summed E-state index contributed by atoms with van der Waals surface area (Å²) in [7, 11) is 0. The number of carbonyl (C=O) groups is 1. The first-order chi connectivity index (χ1) is 13.2. The van der Waals surface area contributed by atoms with Gasteiger partial charge in [-0.15, -0.1) is 11.8 Å². The molecule has 6 rings (SSSR count). The van der Waals surface area contributed by atoms with Gasteiger partial charge in [0.25, 0.3) is 5.91 Å². The average Bonchev–Trinajstić information content (AvgIpc) is 3.04. The van der Waals surface area contributed by atoms with E-state index in [1.165, 1.54) is 64.2 Å². The van der Waals surface area contributed by atoms with Gasteiger partial charge in [0.1, 0.15) is 0 Å². The molecule has 4 nitrogen and oxygen atoms in total. The second-order valence-corrected chi connectivity index (χ2v) is 10.7. The Balaban J connectivity index is 1.25. The zero-order valence-electron chi connectivity index (χ0n) is 16.4. The molecule has 5 saturated carbocycles. The molecule has 1 amide bonds. The first-order valence-electron chi connectivity index (χ1n) is 11.1. The maximum absolute atomic E-state index is 13.1. The fourth-order valence-electron chi connectivity index (χ4n) is 6.61. The zero-order valence-corrected chi connectivity index (χ0v) is 17.2. The fraction of sp³-hybridized carbons (Fsp3) is 0.818. The second-order valence-electron chi connectivity index (χ2n) is 9.67. The first-order valence-corrected chi connectivity index (χ1v) is 12.1. The number of thioether (sulfide) groups is 1. The van der Waals surface area contributed by atoms with Gasteiger partial charge < -0.3 is 9.84 Å². The van der Waals surface area contributed by atoms with E-state index in [4.69, 9.17) is 4.52 Å². The van der Waals surface area contributed by atoms with Gasteiger partial charge in [-0.05, 0) is 81.5 Å². The normalized spacial score (nSPS) is 35.5. The molecule has 5 aliphatic carbocycles. The number of nitrogens with zero attached hydrogens (tertiary/aromatic N) is 1. The van der Waals surface area contributed by atoms with E-state index in [0.717, 1.165) is 34.1 Å². The maximum atomic E-state index is 13.1. The molecule has 0 unspecified atom stereocenters. The summed E-state index contributed by atoms with van der Waals surface area (Å²) in [6, 6.07) is 0.354. The Morgan fingerprint density at radius 1 is 1.07 bits per heavy atom. The van der Waals surface area contributed by atoms with Crippen molar-refractivity contribution in [3.63, 3.8) is 0 Å². The van der Waals surface area contributed by atoms with Crippen LogP contribution in [0.2, 0.25) is 0 Å². The Labute approximate surface area is 166 Å². The molecule has 0 atom stereocenters. The summed E-state index contributed by atoms with van der Waals surface area (Å²) in [5.74, 6) is 5.52. The van der Waals surface area contributed by atoms with Gasteiger partial charge in [0.2, 0.25) is 5.76 Å². The van der Waals surface area contributed by atoms with Gasteiger partial charge in [0, 0.05) is 11.8 Å². The smallest absolute Gasteiger partial charge is 0.291 e. The lowest BCUT2D eigenvalue weighted by molar-refractivity contribution is -0.0124. The van der Waals surface area contributed by atoms with E-state index in [1.807, 2.05) is 6.92 Å². The monoisotopic (exact) mass is 388 g/mol. The van der Waals surface area contributed by atoms with Crippen molar-refractivity contribution in [1.29, 1.82) is 0 Å². The Kier molecular flexibility index (Phi) is 4.99. The summed E-state index contributed by atoms with van der Waals surface area (Å²) in [4.78, 5) is 14.0. The minimum atomic E-state index is -0.0285. The fourth-order valence-corrected chi connectivity index (χ4v) is 7.85. The summed E-state index contributed by atoms with van der Waals surface area (Å²) in [5.41, 5.74) is 0.867. The average molecular weight is 389 g/mol. The number of rotatable bonds is 5. The van der Waals surface area contributed by atoms with Crippen molar-refractivity contribution in [2.24, 2.45) is 29.6 Å². The molecule has 148 valence electrons. The molecule has 5 fully saturated rings. The molecule has 0 aliphatic heterocycles. The van der Waals surface area contributed by atoms with Crippen LogP contribution in [0.3, 0.4) is 0 Å². The van der Waals surface area contributed by atoms with Gasteiger partial charge >= 0.3 is 0 Å². The quantitative estimate of drug-likeness (QED) is 0.704. The molecule has 1 N–H and O–H groups in total. The topological polar surface area (TPSA) is 55.1 Å². The van der Waals surface area contributed by atoms with Crippen LogP contribution < -0.4 is 5.32 Å². The molecular formula is C22H32N2O2S. The van der Waals surface area contributed by atoms with Crippen LogP contribution in [0.15, 0.2) is 9.42 Å². The lowest BCUT2D eigenvalue weighted by Gasteiger charge is -2.54. The third kappa shape index (κ3) is 3.56. The second kappa shape index (κ2) is 7.46. The van der Waals surface area contributed by atoms with Crippen molar-refractivity contribution in [2.75, 3.05) is 5.75 Å². The van der Waals surface area contributed by atoms with Crippen molar-refractivity contribution in [2.45, 2.75) is 82.1 Å². The highest BCUT2D eigenvalue weighted by Crippen LogP contribution is 2.53. The van der Waals surface area contributed by atoms with Crippen LogP contribution in [0.1, 0.15) is 80.5 Å². The lowest BCUT2D eigenvalue weighted by atomic mass is 9.54. The number of nitrogens with one attached hydrogen (secondary N) is 1. The molecule has 4 bridgehead atoms. The standard InChI is InChI=1S/C22H32N2O2S/c1-13-21(27-12-14-5-3-2-4-6-14)20(26-24-13)22(25)23-19-17-8-15-7-16(10-17)11-18(19)9-15/h14-19H,2-12H2,1H3,(H,23,25). The summed E-state index contributed by atoms with van der Waals surface area (Å²) >= 11 is 1.79. The minimum absolute atomic E-state index is 0.0285. The Morgan fingerprint density at radius 3 is 2.41 bits per heavy atom. The molecule has 0 saturated heterocycles. The Bertz CT molecular complexity index is 666. The van der Waals surface area contributed by atoms with E-state index in [9.17, 15) is 4.79 Å². The molecule has 0 radical (unpaired) electrons. The van der Waals surface area contributed by atoms with Gasteiger partial charge in [-0.1, -0.05) is 24.4 Å². The number of carbonyl (C=O) groups excluding carboxylic acids is 1. The van der Waals surface area contributed by atoms with Crippen LogP contribution in [0.4, 0.5) is 0 Å². The van der Waals surface area contributed by atoms with Gasteiger partial charge in [-0.2, -0.15) is 0 Å². The summed E-state index contributed by atoms with van der Waals surface area (Å²) in [6.07, 6.45) is 13.4. The van der Waals surface area contributed by atoms with Crippen molar-refractivity contribution < 1.29 is 9.32 Å². The maximum Gasteiger partial charge on any atom is 0.291 e. The van der Waals surface area contributed by atoms with Gasteiger partial charge in [-0.3, -0.25) is 4.79 Å². The van der Waals surface area contributed by atoms with E-state index < -0.39 is 0 Å². The molecule has 5 heteroatoms. The number of hydrogen-bond donors (Lipinski definition) is 1. The van der Waals surface area contributed by atoms with Gasteiger partial charge in [-0.25, -0.2) is 0 Å². The molecule has 1 aromatic heterocycles. The van der Waals surface area contributed by atoms with E-state index >= 15 is 0 Å². The molecule has 0 aromatic carbocycles. The van der Waals surface area contributed by atoms with E-state index in [-0.39, 0.29) is 5.91 Å². The zero-order chi connectivity index (χ0) is 18.4. The summed E-state index contributed by atoms with van der Waals surface area (Å²) in [5, 5.41) is 7.51. The van der Waals surface area contributed by atoms with Crippen molar-refractivity contribution >= 4 is 17.7 Å². The third-order valence-corrected chi connectivity index (χ3v) is 9.14. The van der Waals surface area contributed by atoms with Crippen molar-refractivity contribution in [1.82, 2.24) is 10.5 Å². The van der Waals surface area contributed by atoms with E-state index in [1.54, 1.807) is 11.8 Å². The minimum Gasteiger partial charge on any atom is -0.350 e. The van der Waals surface area contributed by atoms with Crippen molar-refractivity contribution in [3.05, 3.63) is 11.5 Å². The van der Waals surface area contributed by atoms with E-state index in [2.05, 4.69) is 10.5 Å². The highest BCUT2D eigenvalue weighted by molar-refractivity contribution is 7.99. The van der Waals surface area contributed by atoms with Crippen LogP contribution in [-0.2, 0) is 0 Å². The Hall–Kier alpha value is -0.970. The van der Waals surface area contributed by atoms with Crippen LogP contribution in [0, 0.1) is 36.5 Å². The highest BCUT2D eigenvalue weighted by Gasteiger charge is 2.48. The SMILES string of the molecule is Cc1noc(C(=O)NC2C3CC4CC(C3)CC2C4)c1SCC1CCCCC1. The summed E-state index contributed by atoms with van der Waals surface area (Å²) < 4.78 is 5.51. The van der Waals surface area contributed by atoms with Gasteiger partial charge in [0.15, 0.2) is 0 Å². The van der Waals surface area contributed by atoms with Crippen LogP contribution in [0.25, 0.3) is 0 Å². The number of amides is 1. The van der Waals surface area contributed by atoms with Crippen LogP contribution in [0.5, 0.6) is 0 Å². The predicted molar refractivity (Wildman–Crippen MR) is 107 cm³/mol. The number of aromatic nitrogens is 1. The molecule has 1 heterocycles. The summed E-state index contributed by atoms with van der Waals surface area (Å²) in [6.45, 7) is 1.96. The number of aryl methyl sites for hydroxylation is 1. The largest absolute Gasteiger partial charge is 0.350 e. The van der Waals surface area contributed by atoms with E-state index in [0.29, 0.717) is 23.6 Å². The predicted octanol–water partition coefficient (Wildman–Crippen LogP) is 5.21. The van der Waals surface area contributed by atoms with Crippen LogP contribution >= 0.6 is 11.8 Å². The lowest BCUT2D eigenvalue weighted by Crippen LogP contribution is -2.55. The molecule has 0 spiro atoms. The third-order valence-electron chi connectivity index (χ3n) is 7.73. The first kappa shape index (κ1) is 18.1. The number of hydrogen-bond acceptors (Lipinski definition) is 4. The highest BCUT2D eigenvalue weighted by atomic mass is 32.2. The van der Waals surface area contributed by atoms with Crippen LogP contribution in [-0.4, -0.2) is 22.9 Å². The molecule has 27 heavy (non-hydrogen) atoms. The van der Waals surface area contributed by atoms with Gasteiger partial charge in [0.05, 0.1) is 10.6 Å². The van der Waals surface area contributed by atoms with Crippen molar-refractivity contribution in [3.8, 4) is 0 Å². The Morgan fingerprint density at radius 2 is 1.74 bits per heavy atom. The molecule has 5 aliphatic rings.